The quantitative estimate of drug-likeness (QED) is 0.804. The zero-order chi connectivity index (χ0) is 18.2. The summed E-state index contributed by atoms with van der Waals surface area (Å²) in [6, 6.07) is 8.78. The van der Waals surface area contributed by atoms with Crippen LogP contribution in [-0.4, -0.2) is 74.4 Å². The monoisotopic (exact) mass is 345 g/mol. The number of aliphatic hydroxyl groups excluding tert-OH is 1. The topological polar surface area (TPSA) is 76.8 Å². The Balaban J connectivity index is 2.02. The molecule has 0 saturated carbocycles. The van der Waals surface area contributed by atoms with Crippen molar-refractivity contribution in [2.45, 2.75) is 6.42 Å². The summed E-state index contributed by atoms with van der Waals surface area (Å²) >= 11 is 0. The van der Waals surface area contributed by atoms with Gasteiger partial charge in [0.25, 0.3) is 5.91 Å². The van der Waals surface area contributed by atoms with E-state index in [1.54, 1.807) is 31.4 Å². The molecule has 0 bridgehead atoms. The minimum atomic E-state index is -0.0350. The van der Waals surface area contributed by atoms with Crippen LogP contribution in [0.1, 0.15) is 22.3 Å². The van der Waals surface area contributed by atoms with Gasteiger partial charge in [-0.25, -0.2) is 0 Å². The van der Waals surface area contributed by atoms with E-state index in [2.05, 4.69) is 11.0 Å². The summed E-state index contributed by atoms with van der Waals surface area (Å²) in [5.41, 5.74) is 1.13. The molecule has 1 saturated heterocycles. The van der Waals surface area contributed by atoms with Crippen molar-refractivity contribution >= 4 is 5.91 Å². The van der Waals surface area contributed by atoms with Gasteiger partial charge in [-0.15, -0.1) is 0 Å². The van der Waals surface area contributed by atoms with E-state index in [1.807, 2.05) is 11.9 Å². The molecule has 25 heavy (non-hydrogen) atoms. The van der Waals surface area contributed by atoms with Crippen molar-refractivity contribution in [3.05, 3.63) is 35.4 Å². The standard InChI is InChI=1S/C19H27N3O3/c1-21(7-8-25-2)11-16-9-17(14-23)13-22(12-16)19(24)18-5-3-15(10-20)4-6-18/h3-6,16-17,23H,7-9,11-14H2,1-2H3/t16-,17+/m1/s1. The van der Waals surface area contributed by atoms with Crippen LogP contribution in [0.3, 0.4) is 0 Å². The summed E-state index contributed by atoms with van der Waals surface area (Å²) in [6.07, 6.45) is 0.922. The molecule has 0 aliphatic carbocycles. The van der Waals surface area contributed by atoms with Crippen LogP contribution in [-0.2, 0) is 4.74 Å². The van der Waals surface area contributed by atoms with Crippen LogP contribution in [0.5, 0.6) is 0 Å². The summed E-state index contributed by atoms with van der Waals surface area (Å²) < 4.78 is 5.11. The summed E-state index contributed by atoms with van der Waals surface area (Å²) in [7, 11) is 3.74. The van der Waals surface area contributed by atoms with Gasteiger partial charge in [0, 0.05) is 45.5 Å². The number of likely N-dealkylation sites (tertiary alicyclic amines) is 1. The maximum Gasteiger partial charge on any atom is 0.253 e. The highest BCUT2D eigenvalue weighted by molar-refractivity contribution is 5.94. The number of hydrogen-bond donors (Lipinski definition) is 1. The number of amides is 1. The van der Waals surface area contributed by atoms with Gasteiger partial charge in [0.05, 0.1) is 18.2 Å². The molecular weight excluding hydrogens is 318 g/mol. The third-order valence-corrected chi connectivity index (χ3v) is 4.68. The second kappa shape index (κ2) is 9.52. The molecule has 0 radical (unpaired) electrons. The Bertz CT molecular complexity index is 597. The summed E-state index contributed by atoms with van der Waals surface area (Å²) in [5, 5.41) is 18.5. The summed E-state index contributed by atoms with van der Waals surface area (Å²) in [6.45, 7) is 3.76. The molecule has 136 valence electrons. The fraction of sp³-hybridized carbons (Fsp3) is 0.579. The average molecular weight is 345 g/mol. The normalized spacial score (nSPS) is 20.5. The number of carbonyl (C=O) groups is 1. The molecule has 0 unspecified atom stereocenters. The number of rotatable bonds is 7. The van der Waals surface area contributed by atoms with E-state index >= 15 is 0 Å². The van der Waals surface area contributed by atoms with Gasteiger partial charge < -0.3 is 19.6 Å². The molecule has 1 amide bonds. The number of ether oxygens (including phenoxy) is 1. The summed E-state index contributed by atoms with van der Waals surface area (Å²) in [4.78, 5) is 16.8. The lowest BCUT2D eigenvalue weighted by Gasteiger charge is -2.38. The maximum atomic E-state index is 12.8. The SMILES string of the molecule is COCCN(C)C[C@H]1C[C@H](CO)CN(C(=O)c2ccc(C#N)cc2)C1. The number of aliphatic hydroxyl groups is 1. The van der Waals surface area contributed by atoms with Crippen molar-refractivity contribution in [1.29, 1.82) is 5.26 Å². The van der Waals surface area contributed by atoms with E-state index in [0.29, 0.717) is 36.7 Å². The fourth-order valence-electron chi connectivity index (χ4n) is 3.40. The first kappa shape index (κ1) is 19.4. The summed E-state index contributed by atoms with van der Waals surface area (Å²) in [5.74, 6) is 0.402. The molecule has 1 fully saturated rings. The molecule has 6 nitrogen and oxygen atoms in total. The van der Waals surface area contributed by atoms with E-state index in [-0.39, 0.29) is 18.4 Å². The third-order valence-electron chi connectivity index (χ3n) is 4.68. The maximum absolute atomic E-state index is 12.8. The number of nitriles is 1. The van der Waals surface area contributed by atoms with Crippen molar-refractivity contribution in [2.24, 2.45) is 11.8 Å². The van der Waals surface area contributed by atoms with Crippen LogP contribution in [0.4, 0.5) is 0 Å². The third kappa shape index (κ3) is 5.53. The van der Waals surface area contributed by atoms with Gasteiger partial charge in [-0.05, 0) is 49.6 Å². The Hall–Kier alpha value is -1.94. The molecule has 1 aliphatic heterocycles. The van der Waals surface area contributed by atoms with Crippen molar-refractivity contribution in [3.63, 3.8) is 0 Å². The van der Waals surface area contributed by atoms with E-state index in [4.69, 9.17) is 10.00 Å². The zero-order valence-corrected chi connectivity index (χ0v) is 15.0. The van der Waals surface area contributed by atoms with Crippen molar-refractivity contribution in [3.8, 4) is 6.07 Å². The molecule has 0 aromatic heterocycles. The number of carbonyl (C=O) groups excluding carboxylic acids is 1. The minimum absolute atomic E-state index is 0.0350. The van der Waals surface area contributed by atoms with Gasteiger partial charge in [-0.1, -0.05) is 0 Å². The van der Waals surface area contributed by atoms with Crippen LogP contribution in [0.15, 0.2) is 24.3 Å². The average Bonchev–Trinajstić information content (AvgIpc) is 2.65. The van der Waals surface area contributed by atoms with Crippen LogP contribution < -0.4 is 0 Å². The number of nitrogens with zero attached hydrogens (tertiary/aromatic N) is 3. The van der Waals surface area contributed by atoms with E-state index in [0.717, 1.165) is 19.5 Å². The second-order valence-corrected chi connectivity index (χ2v) is 6.80. The van der Waals surface area contributed by atoms with E-state index in [9.17, 15) is 9.90 Å². The molecule has 1 N–H and O–H groups in total. The number of likely N-dealkylation sites (N-methyl/N-ethyl adjacent to an activating group) is 1. The van der Waals surface area contributed by atoms with Crippen molar-refractivity contribution in [2.75, 3.05) is 53.6 Å². The smallest absolute Gasteiger partial charge is 0.253 e. The molecule has 2 rings (SSSR count). The van der Waals surface area contributed by atoms with Crippen LogP contribution >= 0.6 is 0 Å². The van der Waals surface area contributed by atoms with Crippen molar-refractivity contribution < 1.29 is 14.6 Å². The van der Waals surface area contributed by atoms with Crippen LogP contribution in [0, 0.1) is 23.2 Å². The highest BCUT2D eigenvalue weighted by Crippen LogP contribution is 2.24. The predicted molar refractivity (Wildman–Crippen MR) is 95.1 cm³/mol. The predicted octanol–water partition coefficient (Wildman–Crippen LogP) is 1.21. The second-order valence-electron chi connectivity index (χ2n) is 6.80. The lowest BCUT2D eigenvalue weighted by Crippen LogP contribution is -2.47. The zero-order valence-electron chi connectivity index (χ0n) is 15.0. The Labute approximate surface area is 149 Å². The molecular formula is C19H27N3O3. The molecule has 6 heteroatoms. The van der Waals surface area contributed by atoms with E-state index < -0.39 is 0 Å². The largest absolute Gasteiger partial charge is 0.396 e. The van der Waals surface area contributed by atoms with Gasteiger partial charge in [0.1, 0.15) is 0 Å². The molecule has 1 aliphatic rings. The fourth-order valence-corrected chi connectivity index (χ4v) is 3.40. The van der Waals surface area contributed by atoms with Gasteiger partial charge in [0.2, 0.25) is 0 Å². The first-order chi connectivity index (χ1) is 12.1. The van der Waals surface area contributed by atoms with Gasteiger partial charge in [-0.2, -0.15) is 5.26 Å². The van der Waals surface area contributed by atoms with Gasteiger partial charge >= 0.3 is 0 Å². The number of methoxy groups -OCH3 is 1. The van der Waals surface area contributed by atoms with E-state index in [1.165, 1.54) is 0 Å². The molecule has 1 heterocycles. The molecule has 0 spiro atoms. The van der Waals surface area contributed by atoms with Gasteiger partial charge in [0.15, 0.2) is 0 Å². The molecule has 2 atom stereocenters. The first-order valence-corrected chi connectivity index (χ1v) is 8.65. The Morgan fingerprint density at radius 2 is 2.04 bits per heavy atom. The van der Waals surface area contributed by atoms with Crippen LogP contribution in [0.2, 0.25) is 0 Å². The lowest BCUT2D eigenvalue weighted by molar-refractivity contribution is 0.0451. The minimum Gasteiger partial charge on any atom is -0.396 e. The Kier molecular flexibility index (Phi) is 7.38. The highest BCUT2D eigenvalue weighted by atomic mass is 16.5. The lowest BCUT2D eigenvalue weighted by atomic mass is 9.89. The number of hydrogen-bond acceptors (Lipinski definition) is 5. The van der Waals surface area contributed by atoms with Crippen LogP contribution in [0.25, 0.3) is 0 Å². The highest BCUT2D eigenvalue weighted by Gasteiger charge is 2.30. The molecule has 1 aromatic carbocycles. The van der Waals surface area contributed by atoms with Gasteiger partial charge in [-0.3, -0.25) is 4.79 Å². The Morgan fingerprint density at radius 1 is 1.36 bits per heavy atom. The first-order valence-electron chi connectivity index (χ1n) is 8.65. The Morgan fingerprint density at radius 3 is 2.64 bits per heavy atom. The van der Waals surface area contributed by atoms with Crippen molar-refractivity contribution in [1.82, 2.24) is 9.80 Å². The number of benzene rings is 1. The number of piperidine rings is 1. The molecule has 1 aromatic rings.